The van der Waals surface area contributed by atoms with Gasteiger partial charge in [0.05, 0.1) is 12.3 Å². The molecule has 1 heterocycles. The fourth-order valence-electron chi connectivity index (χ4n) is 0.938. The van der Waals surface area contributed by atoms with E-state index >= 15 is 0 Å². The molecule has 1 rings (SSSR count). The van der Waals surface area contributed by atoms with E-state index in [4.69, 9.17) is 5.11 Å². The van der Waals surface area contributed by atoms with Crippen LogP contribution in [0.4, 0.5) is 0 Å². The van der Waals surface area contributed by atoms with Crippen LogP contribution in [0.1, 0.15) is 5.69 Å². The van der Waals surface area contributed by atoms with Crippen molar-refractivity contribution in [2.24, 2.45) is 0 Å². The number of likely N-dealkylation sites (N-methyl/N-ethyl adjacent to an activating group) is 1. The number of rotatable bonds is 4. The van der Waals surface area contributed by atoms with Crippen molar-refractivity contribution in [1.82, 2.24) is 14.9 Å². The standard InChI is InChI=1S/C8H13N3O/c1-11(4-5-12)7-8-6-9-2-3-10-8/h2-3,6,12H,4-5,7H2,1H3. The molecule has 1 aromatic rings. The van der Waals surface area contributed by atoms with Crippen LogP contribution in [0.2, 0.25) is 0 Å². The molecule has 0 unspecified atom stereocenters. The van der Waals surface area contributed by atoms with Gasteiger partial charge in [0.25, 0.3) is 0 Å². The van der Waals surface area contributed by atoms with E-state index in [1.54, 1.807) is 18.6 Å². The number of nitrogens with zero attached hydrogens (tertiary/aromatic N) is 3. The molecule has 0 saturated heterocycles. The number of aliphatic hydroxyl groups excluding tert-OH is 1. The molecule has 0 aliphatic heterocycles. The monoisotopic (exact) mass is 167 g/mol. The van der Waals surface area contributed by atoms with Crippen LogP contribution in [0.5, 0.6) is 0 Å². The summed E-state index contributed by atoms with van der Waals surface area (Å²) in [6, 6.07) is 0. The average molecular weight is 167 g/mol. The minimum atomic E-state index is 0.177. The quantitative estimate of drug-likeness (QED) is 0.680. The Morgan fingerprint density at radius 2 is 2.33 bits per heavy atom. The zero-order valence-electron chi connectivity index (χ0n) is 7.14. The van der Waals surface area contributed by atoms with Crippen LogP contribution in [-0.4, -0.2) is 40.2 Å². The first-order valence-electron chi connectivity index (χ1n) is 3.87. The molecule has 0 aliphatic rings. The van der Waals surface area contributed by atoms with Crippen molar-refractivity contribution in [2.75, 3.05) is 20.2 Å². The zero-order valence-corrected chi connectivity index (χ0v) is 7.14. The van der Waals surface area contributed by atoms with E-state index < -0.39 is 0 Å². The summed E-state index contributed by atoms with van der Waals surface area (Å²) >= 11 is 0. The lowest BCUT2D eigenvalue weighted by Gasteiger charge is -2.13. The van der Waals surface area contributed by atoms with E-state index in [2.05, 4.69) is 9.97 Å². The Hall–Kier alpha value is -1.00. The normalized spacial score (nSPS) is 10.6. The zero-order chi connectivity index (χ0) is 8.81. The summed E-state index contributed by atoms with van der Waals surface area (Å²) in [4.78, 5) is 10.1. The van der Waals surface area contributed by atoms with Crippen LogP contribution in [0.25, 0.3) is 0 Å². The van der Waals surface area contributed by atoms with E-state index in [1.165, 1.54) is 0 Å². The summed E-state index contributed by atoms with van der Waals surface area (Å²) in [5, 5.41) is 8.64. The lowest BCUT2D eigenvalue weighted by molar-refractivity contribution is 0.216. The number of hydrogen-bond acceptors (Lipinski definition) is 4. The smallest absolute Gasteiger partial charge is 0.0726 e. The Balaban J connectivity index is 2.41. The molecule has 1 aromatic heterocycles. The lowest BCUT2D eigenvalue weighted by atomic mass is 10.4. The molecule has 0 spiro atoms. The highest BCUT2D eigenvalue weighted by molar-refractivity contribution is 4.93. The van der Waals surface area contributed by atoms with Crippen molar-refractivity contribution in [3.63, 3.8) is 0 Å². The van der Waals surface area contributed by atoms with Gasteiger partial charge in [0, 0.05) is 31.7 Å². The van der Waals surface area contributed by atoms with Crippen molar-refractivity contribution in [1.29, 1.82) is 0 Å². The summed E-state index contributed by atoms with van der Waals surface area (Å²) in [5.41, 5.74) is 0.924. The molecular formula is C8H13N3O. The predicted molar refractivity (Wildman–Crippen MR) is 45.5 cm³/mol. The largest absolute Gasteiger partial charge is 0.395 e. The molecule has 12 heavy (non-hydrogen) atoms. The molecule has 0 amide bonds. The first kappa shape index (κ1) is 9.09. The molecule has 0 atom stereocenters. The highest BCUT2D eigenvalue weighted by Crippen LogP contribution is 1.95. The molecule has 0 fully saturated rings. The topological polar surface area (TPSA) is 49.2 Å². The number of aliphatic hydroxyl groups is 1. The van der Waals surface area contributed by atoms with E-state index in [-0.39, 0.29) is 6.61 Å². The molecule has 66 valence electrons. The molecule has 0 radical (unpaired) electrons. The van der Waals surface area contributed by atoms with Gasteiger partial charge < -0.3 is 5.11 Å². The van der Waals surface area contributed by atoms with Gasteiger partial charge in [-0.3, -0.25) is 14.9 Å². The molecule has 0 aliphatic carbocycles. The summed E-state index contributed by atoms with van der Waals surface area (Å²) in [6.07, 6.45) is 5.05. The molecule has 4 heteroatoms. The third kappa shape index (κ3) is 2.94. The third-order valence-electron chi connectivity index (χ3n) is 1.53. The fourth-order valence-corrected chi connectivity index (χ4v) is 0.938. The fraction of sp³-hybridized carbons (Fsp3) is 0.500. The van der Waals surface area contributed by atoms with Gasteiger partial charge >= 0.3 is 0 Å². The van der Waals surface area contributed by atoms with Gasteiger partial charge in [-0.05, 0) is 7.05 Å². The summed E-state index contributed by atoms with van der Waals surface area (Å²) in [6.45, 7) is 1.57. The summed E-state index contributed by atoms with van der Waals surface area (Å²) < 4.78 is 0. The Labute approximate surface area is 71.9 Å². The summed E-state index contributed by atoms with van der Waals surface area (Å²) in [5.74, 6) is 0. The van der Waals surface area contributed by atoms with Crippen LogP contribution in [0.15, 0.2) is 18.6 Å². The van der Waals surface area contributed by atoms with Crippen molar-refractivity contribution in [3.8, 4) is 0 Å². The van der Waals surface area contributed by atoms with Crippen LogP contribution in [-0.2, 0) is 6.54 Å². The SMILES string of the molecule is CN(CCO)Cc1cnccn1. The highest BCUT2D eigenvalue weighted by atomic mass is 16.3. The molecule has 0 aromatic carbocycles. The number of aromatic nitrogens is 2. The highest BCUT2D eigenvalue weighted by Gasteiger charge is 1.98. The molecule has 0 bridgehead atoms. The van der Waals surface area contributed by atoms with Gasteiger partial charge in [0.15, 0.2) is 0 Å². The maximum Gasteiger partial charge on any atom is 0.0726 e. The van der Waals surface area contributed by atoms with Crippen molar-refractivity contribution < 1.29 is 5.11 Å². The van der Waals surface area contributed by atoms with Crippen molar-refractivity contribution in [3.05, 3.63) is 24.3 Å². The maximum absolute atomic E-state index is 8.64. The minimum Gasteiger partial charge on any atom is -0.395 e. The lowest BCUT2D eigenvalue weighted by Crippen LogP contribution is -2.22. The Kier molecular flexibility index (Phi) is 3.63. The second-order valence-electron chi connectivity index (χ2n) is 2.66. The van der Waals surface area contributed by atoms with Gasteiger partial charge in [-0.15, -0.1) is 0 Å². The minimum absolute atomic E-state index is 0.177. The number of hydrogen-bond donors (Lipinski definition) is 1. The van der Waals surface area contributed by atoms with E-state index in [1.807, 2.05) is 11.9 Å². The first-order chi connectivity index (χ1) is 5.83. The van der Waals surface area contributed by atoms with E-state index in [0.717, 1.165) is 12.2 Å². The third-order valence-corrected chi connectivity index (χ3v) is 1.53. The predicted octanol–water partition coefficient (Wildman–Crippen LogP) is -0.0993. The van der Waals surface area contributed by atoms with Gasteiger partial charge in [0.1, 0.15) is 0 Å². The van der Waals surface area contributed by atoms with E-state index in [9.17, 15) is 0 Å². The van der Waals surface area contributed by atoms with Crippen LogP contribution < -0.4 is 0 Å². The van der Waals surface area contributed by atoms with Gasteiger partial charge in [0.2, 0.25) is 0 Å². The molecule has 0 saturated carbocycles. The van der Waals surface area contributed by atoms with Crippen molar-refractivity contribution >= 4 is 0 Å². The Bertz CT molecular complexity index is 215. The van der Waals surface area contributed by atoms with Crippen LogP contribution in [0, 0.1) is 0 Å². The van der Waals surface area contributed by atoms with Crippen LogP contribution in [0.3, 0.4) is 0 Å². The second-order valence-corrected chi connectivity index (χ2v) is 2.66. The maximum atomic E-state index is 8.64. The molecule has 4 nitrogen and oxygen atoms in total. The average Bonchev–Trinajstić information content (AvgIpc) is 2.06. The van der Waals surface area contributed by atoms with Gasteiger partial charge in [-0.2, -0.15) is 0 Å². The van der Waals surface area contributed by atoms with Crippen LogP contribution >= 0.6 is 0 Å². The summed E-state index contributed by atoms with van der Waals surface area (Å²) in [7, 11) is 1.94. The first-order valence-corrected chi connectivity index (χ1v) is 3.87. The Morgan fingerprint density at radius 3 is 2.92 bits per heavy atom. The second kappa shape index (κ2) is 4.79. The van der Waals surface area contributed by atoms with Crippen molar-refractivity contribution in [2.45, 2.75) is 6.54 Å². The van der Waals surface area contributed by atoms with Gasteiger partial charge in [-0.1, -0.05) is 0 Å². The van der Waals surface area contributed by atoms with E-state index in [0.29, 0.717) is 6.54 Å². The Morgan fingerprint density at radius 1 is 1.50 bits per heavy atom. The van der Waals surface area contributed by atoms with Gasteiger partial charge in [-0.25, -0.2) is 0 Å². The molecule has 1 N–H and O–H groups in total. The molecular weight excluding hydrogens is 154 g/mol.